The van der Waals surface area contributed by atoms with Crippen LogP contribution in [0.3, 0.4) is 0 Å². The van der Waals surface area contributed by atoms with Crippen LogP contribution in [-0.4, -0.2) is 31.3 Å². The van der Waals surface area contributed by atoms with E-state index < -0.39 is 0 Å². The highest BCUT2D eigenvalue weighted by Crippen LogP contribution is 2.28. The van der Waals surface area contributed by atoms with Gasteiger partial charge in [0.2, 0.25) is 0 Å². The number of hydrogen-bond donors (Lipinski definition) is 2. The van der Waals surface area contributed by atoms with Gasteiger partial charge in [-0.3, -0.25) is 9.77 Å². The number of imidazole rings is 1. The zero-order valence-corrected chi connectivity index (χ0v) is 15.1. The summed E-state index contributed by atoms with van der Waals surface area (Å²) in [5, 5.41) is 23.6. The molecule has 1 unspecified atom stereocenters. The summed E-state index contributed by atoms with van der Waals surface area (Å²) in [6, 6.07) is 4.50. The van der Waals surface area contributed by atoms with Crippen molar-refractivity contribution in [3.05, 3.63) is 46.6 Å². The summed E-state index contributed by atoms with van der Waals surface area (Å²) in [4.78, 5) is 13.1. The molecule has 1 atom stereocenters. The molecule has 3 heterocycles. The Labute approximate surface area is 160 Å². The zero-order chi connectivity index (χ0) is 18.8. The Kier molecular flexibility index (Phi) is 5.08. The first kappa shape index (κ1) is 17.9. The van der Waals surface area contributed by atoms with Gasteiger partial charge >= 0.3 is 0 Å². The van der Waals surface area contributed by atoms with Crippen molar-refractivity contribution in [2.24, 2.45) is 0 Å². The molecule has 0 bridgehead atoms. The van der Waals surface area contributed by atoms with Crippen LogP contribution in [0.1, 0.15) is 31.1 Å². The van der Waals surface area contributed by atoms with Gasteiger partial charge < -0.3 is 20.5 Å². The summed E-state index contributed by atoms with van der Waals surface area (Å²) in [6.07, 6.45) is 6.22. The molecule has 1 aromatic carbocycles. The quantitative estimate of drug-likeness (QED) is 0.638. The van der Waals surface area contributed by atoms with E-state index in [4.69, 9.17) is 21.5 Å². The van der Waals surface area contributed by atoms with Crippen LogP contribution in [0.4, 0.5) is 11.5 Å². The highest BCUT2D eigenvalue weighted by Gasteiger charge is 2.20. The van der Waals surface area contributed by atoms with E-state index in [1.807, 2.05) is 4.57 Å². The summed E-state index contributed by atoms with van der Waals surface area (Å²) < 4.78 is 7.74. The Morgan fingerprint density at radius 1 is 1.33 bits per heavy atom. The Hall–Kier alpha value is -2.46. The smallest absolute Gasteiger partial charge is 0.167 e. The van der Waals surface area contributed by atoms with E-state index in [1.165, 1.54) is 18.5 Å². The molecule has 3 aromatic rings. The van der Waals surface area contributed by atoms with Gasteiger partial charge in [-0.05, 0) is 43.0 Å². The van der Waals surface area contributed by atoms with Gasteiger partial charge in [0.15, 0.2) is 17.0 Å². The van der Waals surface area contributed by atoms with Crippen molar-refractivity contribution < 1.29 is 9.94 Å². The summed E-state index contributed by atoms with van der Waals surface area (Å²) in [7, 11) is 0. The molecule has 2 N–H and O–H groups in total. The first-order chi connectivity index (χ1) is 13.1. The monoisotopic (exact) mass is 389 g/mol. The average molecular weight is 390 g/mol. The second kappa shape index (κ2) is 7.65. The molecule has 0 aliphatic carbocycles. The van der Waals surface area contributed by atoms with Crippen LogP contribution in [0.5, 0.6) is 0 Å². The minimum atomic E-state index is -0.200. The predicted molar refractivity (Wildman–Crippen MR) is 101 cm³/mol. The normalized spacial score (nSPS) is 17.2. The van der Waals surface area contributed by atoms with Crippen molar-refractivity contribution >= 4 is 34.3 Å². The molecule has 1 aliphatic heterocycles. The van der Waals surface area contributed by atoms with Crippen LogP contribution in [0.25, 0.3) is 11.2 Å². The summed E-state index contributed by atoms with van der Waals surface area (Å²) in [5.74, 6) is 0.555. The first-order valence-corrected chi connectivity index (χ1v) is 8.99. The Balaban J connectivity index is 1.58. The van der Waals surface area contributed by atoms with Crippen LogP contribution in [0, 0.1) is 5.21 Å². The van der Waals surface area contributed by atoms with E-state index in [1.54, 1.807) is 12.4 Å². The van der Waals surface area contributed by atoms with Gasteiger partial charge in [0, 0.05) is 18.2 Å². The SMILES string of the molecule is [O-]N(O)c1ccc(Cl)c(CNc2ncnc3c2ncn3C2CCCCO2)c1. The predicted octanol–water partition coefficient (Wildman–Crippen LogP) is 3.48. The van der Waals surface area contributed by atoms with Crippen LogP contribution < -0.4 is 10.5 Å². The van der Waals surface area contributed by atoms with Crippen LogP contribution in [-0.2, 0) is 11.3 Å². The van der Waals surface area contributed by atoms with E-state index in [0.717, 1.165) is 25.9 Å². The topological polar surface area (TPSA) is 111 Å². The fourth-order valence-corrected chi connectivity index (χ4v) is 3.31. The zero-order valence-electron chi connectivity index (χ0n) is 14.4. The van der Waals surface area contributed by atoms with Crippen molar-refractivity contribution in [3.8, 4) is 0 Å². The number of ether oxygens (including phenoxy) is 1. The fraction of sp³-hybridized carbons (Fsp3) is 0.353. The fourth-order valence-electron chi connectivity index (χ4n) is 3.13. The number of halogens is 1. The molecule has 27 heavy (non-hydrogen) atoms. The molecule has 9 nitrogen and oxygen atoms in total. The van der Waals surface area contributed by atoms with E-state index in [0.29, 0.717) is 34.1 Å². The van der Waals surface area contributed by atoms with E-state index in [2.05, 4.69) is 20.3 Å². The lowest BCUT2D eigenvalue weighted by atomic mass is 10.2. The summed E-state index contributed by atoms with van der Waals surface area (Å²) >= 11 is 6.18. The van der Waals surface area contributed by atoms with Gasteiger partial charge in [-0.25, -0.2) is 15.0 Å². The minimum Gasteiger partial charge on any atom is -0.733 e. The van der Waals surface area contributed by atoms with Crippen molar-refractivity contribution in [3.63, 3.8) is 0 Å². The van der Waals surface area contributed by atoms with Gasteiger partial charge in [0.05, 0.1) is 12.0 Å². The van der Waals surface area contributed by atoms with Crippen molar-refractivity contribution in [1.82, 2.24) is 19.5 Å². The molecule has 142 valence electrons. The molecule has 0 saturated carbocycles. The molecule has 0 spiro atoms. The molecule has 1 aliphatic rings. The van der Waals surface area contributed by atoms with Crippen molar-refractivity contribution in [2.45, 2.75) is 32.0 Å². The van der Waals surface area contributed by atoms with Gasteiger partial charge in [-0.1, -0.05) is 11.6 Å². The molecular weight excluding hydrogens is 372 g/mol. The lowest BCUT2D eigenvalue weighted by Gasteiger charge is -2.23. The van der Waals surface area contributed by atoms with E-state index in [-0.39, 0.29) is 17.1 Å². The molecule has 10 heteroatoms. The summed E-state index contributed by atoms with van der Waals surface area (Å²) in [6.45, 7) is 1.04. The molecule has 0 amide bonds. The lowest BCUT2D eigenvalue weighted by Crippen LogP contribution is -2.17. The van der Waals surface area contributed by atoms with Crippen LogP contribution in [0.15, 0.2) is 30.9 Å². The standard InChI is InChI=1S/C17H18ClN6O3/c18-13-5-4-12(24(25)26)7-11(13)8-19-16-15-17(21-9-20-16)23(10-22-15)14-3-1-2-6-27-14/h4-5,7,9-10,14,25H,1-3,6,8H2,(H,19,20,21)/q-1. The molecule has 1 fully saturated rings. The van der Waals surface area contributed by atoms with Crippen molar-refractivity contribution in [1.29, 1.82) is 0 Å². The maximum Gasteiger partial charge on any atom is 0.167 e. The number of aromatic nitrogens is 4. The number of benzene rings is 1. The van der Waals surface area contributed by atoms with Gasteiger partial charge in [-0.2, -0.15) is 0 Å². The van der Waals surface area contributed by atoms with Crippen molar-refractivity contribution in [2.75, 3.05) is 17.2 Å². The highest BCUT2D eigenvalue weighted by molar-refractivity contribution is 6.31. The second-order valence-corrected chi connectivity index (χ2v) is 6.68. The van der Waals surface area contributed by atoms with Gasteiger partial charge in [0.1, 0.15) is 12.6 Å². The maximum absolute atomic E-state index is 11.1. The van der Waals surface area contributed by atoms with Crippen LogP contribution >= 0.6 is 11.6 Å². The number of nitrogens with zero attached hydrogens (tertiary/aromatic N) is 5. The Morgan fingerprint density at radius 3 is 3.00 bits per heavy atom. The van der Waals surface area contributed by atoms with Gasteiger partial charge in [-0.15, -0.1) is 0 Å². The lowest BCUT2D eigenvalue weighted by molar-refractivity contribution is -0.0298. The van der Waals surface area contributed by atoms with E-state index >= 15 is 0 Å². The molecule has 1 saturated heterocycles. The minimum absolute atomic E-state index is 0.0646. The number of nitrogens with one attached hydrogen (secondary N) is 1. The molecular formula is C17H18ClN6O3-. The first-order valence-electron chi connectivity index (χ1n) is 8.61. The molecule has 2 aromatic heterocycles. The third kappa shape index (κ3) is 3.67. The highest BCUT2D eigenvalue weighted by atomic mass is 35.5. The molecule has 4 rings (SSSR count). The van der Waals surface area contributed by atoms with Gasteiger partial charge in [0.25, 0.3) is 0 Å². The molecule has 0 radical (unpaired) electrons. The third-order valence-electron chi connectivity index (χ3n) is 4.52. The van der Waals surface area contributed by atoms with E-state index in [9.17, 15) is 5.21 Å². The Bertz CT molecular complexity index is 942. The second-order valence-electron chi connectivity index (χ2n) is 6.27. The number of hydrogen-bond acceptors (Lipinski definition) is 8. The number of rotatable bonds is 5. The third-order valence-corrected chi connectivity index (χ3v) is 4.89. The maximum atomic E-state index is 11.1. The number of anilines is 2. The largest absolute Gasteiger partial charge is 0.733 e. The van der Waals surface area contributed by atoms with Crippen LogP contribution in [0.2, 0.25) is 5.02 Å². The number of fused-ring (bicyclic) bond motifs is 1. The summed E-state index contributed by atoms with van der Waals surface area (Å²) in [5.41, 5.74) is 2.07. The Morgan fingerprint density at radius 2 is 2.22 bits per heavy atom. The average Bonchev–Trinajstić information content (AvgIpc) is 3.12.